The molecule has 3 heteroatoms. The first-order valence-corrected chi connectivity index (χ1v) is 2.99. The van der Waals surface area contributed by atoms with E-state index in [1.54, 1.807) is 7.11 Å². The fourth-order valence-corrected chi connectivity index (χ4v) is 0.323. The van der Waals surface area contributed by atoms with Gasteiger partial charge in [-0.1, -0.05) is 13.8 Å². The lowest BCUT2D eigenvalue weighted by Crippen LogP contribution is -2.31. The van der Waals surface area contributed by atoms with Gasteiger partial charge in [0.25, 0.3) is 0 Å². The molecule has 9 heavy (non-hydrogen) atoms. The molecule has 0 aromatic rings. The zero-order chi connectivity index (χ0) is 7.33. The molecule has 2 N–H and O–H groups in total. The van der Waals surface area contributed by atoms with Crippen molar-refractivity contribution in [3.63, 3.8) is 0 Å². The van der Waals surface area contributed by atoms with E-state index >= 15 is 0 Å². The van der Waals surface area contributed by atoms with Crippen LogP contribution in [-0.4, -0.2) is 25.4 Å². The first-order valence-electron chi connectivity index (χ1n) is 2.99. The third-order valence-corrected chi connectivity index (χ3v) is 1.12. The average molecular weight is 133 g/mol. The lowest BCUT2D eigenvalue weighted by Gasteiger charge is -2.20. The maximum absolute atomic E-state index is 8.73. The molecule has 0 heterocycles. The summed E-state index contributed by atoms with van der Waals surface area (Å²) in [5.74, 6) is 0. The van der Waals surface area contributed by atoms with Crippen LogP contribution in [0.15, 0.2) is 0 Å². The van der Waals surface area contributed by atoms with Gasteiger partial charge in [-0.3, -0.25) is 0 Å². The molecule has 0 rings (SSSR count). The van der Waals surface area contributed by atoms with E-state index in [9.17, 15) is 0 Å². The van der Waals surface area contributed by atoms with E-state index in [0.717, 1.165) is 0 Å². The minimum atomic E-state index is -0.0873. The Morgan fingerprint density at radius 3 is 2.44 bits per heavy atom. The summed E-state index contributed by atoms with van der Waals surface area (Å²) < 4.78 is 0. The Hall–Kier alpha value is -0.120. The molecule has 0 unspecified atom stereocenters. The molecule has 0 atom stereocenters. The number of nitrogens with one attached hydrogen (secondary N) is 1. The Kier molecular flexibility index (Phi) is 3.77. The molecule has 0 aromatic heterocycles. The largest absolute Gasteiger partial charge is 0.396 e. The zero-order valence-electron chi connectivity index (χ0n) is 6.27. The van der Waals surface area contributed by atoms with Crippen molar-refractivity contribution in [2.75, 3.05) is 20.3 Å². The molecule has 0 aromatic carbocycles. The minimum absolute atomic E-state index is 0.0873. The third kappa shape index (κ3) is 4.39. The number of rotatable bonds is 4. The predicted octanol–water partition coefficient (Wildman–Crippen LogP) is 0.156. The van der Waals surface area contributed by atoms with E-state index in [4.69, 9.17) is 5.11 Å². The minimum Gasteiger partial charge on any atom is -0.396 e. The molecular weight excluding hydrogens is 118 g/mol. The van der Waals surface area contributed by atoms with Gasteiger partial charge in [0.15, 0.2) is 0 Å². The molecule has 0 saturated heterocycles. The SMILES string of the molecule is CONCC(C)(C)CO. The molecule has 0 amide bonds. The van der Waals surface area contributed by atoms with Crippen molar-refractivity contribution in [2.45, 2.75) is 13.8 Å². The molecule has 0 saturated carbocycles. The lowest BCUT2D eigenvalue weighted by atomic mass is 9.96. The standard InChI is InChI=1S/C6H15NO2/c1-6(2,5-8)4-7-9-3/h7-8H,4-5H2,1-3H3. The highest BCUT2D eigenvalue weighted by Gasteiger charge is 2.14. The summed E-state index contributed by atoms with van der Waals surface area (Å²) in [5, 5.41) is 8.73. The molecule has 0 bridgehead atoms. The van der Waals surface area contributed by atoms with Crippen molar-refractivity contribution in [2.24, 2.45) is 5.41 Å². The lowest BCUT2D eigenvalue weighted by molar-refractivity contribution is 0.0451. The second kappa shape index (κ2) is 3.82. The van der Waals surface area contributed by atoms with Crippen LogP contribution in [-0.2, 0) is 4.84 Å². The van der Waals surface area contributed by atoms with Crippen LogP contribution in [0.2, 0.25) is 0 Å². The van der Waals surface area contributed by atoms with E-state index in [1.165, 1.54) is 0 Å². The highest BCUT2D eigenvalue weighted by molar-refractivity contribution is 4.66. The predicted molar refractivity (Wildman–Crippen MR) is 35.9 cm³/mol. The number of aliphatic hydroxyl groups excluding tert-OH is 1. The van der Waals surface area contributed by atoms with Crippen molar-refractivity contribution in [1.82, 2.24) is 5.48 Å². The van der Waals surface area contributed by atoms with Gasteiger partial charge < -0.3 is 9.94 Å². The van der Waals surface area contributed by atoms with Gasteiger partial charge in [-0.05, 0) is 0 Å². The van der Waals surface area contributed by atoms with Gasteiger partial charge in [0, 0.05) is 18.6 Å². The first kappa shape index (κ1) is 8.88. The Bertz CT molecular complexity index is 73.5. The second-order valence-corrected chi connectivity index (χ2v) is 2.85. The Balaban J connectivity index is 3.33. The zero-order valence-corrected chi connectivity index (χ0v) is 6.27. The van der Waals surface area contributed by atoms with Gasteiger partial charge in [-0.2, -0.15) is 0 Å². The van der Waals surface area contributed by atoms with Crippen LogP contribution in [0.25, 0.3) is 0 Å². The summed E-state index contributed by atoms with van der Waals surface area (Å²) in [7, 11) is 1.56. The summed E-state index contributed by atoms with van der Waals surface area (Å²) in [6.45, 7) is 4.75. The third-order valence-electron chi connectivity index (χ3n) is 1.12. The number of hydrogen-bond acceptors (Lipinski definition) is 3. The molecule has 3 nitrogen and oxygen atoms in total. The van der Waals surface area contributed by atoms with E-state index in [-0.39, 0.29) is 12.0 Å². The van der Waals surface area contributed by atoms with Crippen LogP contribution in [0, 0.1) is 5.41 Å². The smallest absolute Gasteiger partial charge is 0.0572 e. The van der Waals surface area contributed by atoms with Crippen LogP contribution < -0.4 is 5.48 Å². The van der Waals surface area contributed by atoms with Crippen molar-refractivity contribution in [3.8, 4) is 0 Å². The van der Waals surface area contributed by atoms with Crippen molar-refractivity contribution >= 4 is 0 Å². The van der Waals surface area contributed by atoms with Crippen LogP contribution in [0.4, 0.5) is 0 Å². The van der Waals surface area contributed by atoms with E-state index in [2.05, 4.69) is 10.3 Å². The van der Waals surface area contributed by atoms with E-state index in [0.29, 0.717) is 6.54 Å². The monoisotopic (exact) mass is 133 g/mol. The van der Waals surface area contributed by atoms with Crippen molar-refractivity contribution in [3.05, 3.63) is 0 Å². The second-order valence-electron chi connectivity index (χ2n) is 2.85. The van der Waals surface area contributed by atoms with Crippen LogP contribution >= 0.6 is 0 Å². The molecule has 0 fully saturated rings. The normalized spacial score (nSPS) is 12.0. The number of aliphatic hydroxyl groups is 1. The molecule has 0 radical (unpaired) electrons. The van der Waals surface area contributed by atoms with Gasteiger partial charge in [0.1, 0.15) is 0 Å². The highest BCUT2D eigenvalue weighted by atomic mass is 16.6. The summed E-state index contributed by atoms with van der Waals surface area (Å²) in [4.78, 5) is 4.62. The maximum atomic E-state index is 8.73. The van der Waals surface area contributed by atoms with Crippen molar-refractivity contribution in [1.29, 1.82) is 0 Å². The van der Waals surface area contributed by atoms with E-state index < -0.39 is 0 Å². The molecule has 0 aliphatic heterocycles. The molecule has 56 valence electrons. The summed E-state index contributed by atoms with van der Waals surface area (Å²) in [5.41, 5.74) is 2.59. The van der Waals surface area contributed by atoms with Crippen LogP contribution in [0.5, 0.6) is 0 Å². The van der Waals surface area contributed by atoms with Gasteiger partial charge in [-0.25, -0.2) is 5.48 Å². The Morgan fingerprint density at radius 2 is 2.11 bits per heavy atom. The van der Waals surface area contributed by atoms with Gasteiger partial charge >= 0.3 is 0 Å². The number of hydrogen-bond donors (Lipinski definition) is 2. The summed E-state index contributed by atoms with van der Waals surface area (Å²) in [6.07, 6.45) is 0. The molecule has 0 aliphatic rings. The van der Waals surface area contributed by atoms with Crippen LogP contribution in [0.3, 0.4) is 0 Å². The fourth-order valence-electron chi connectivity index (χ4n) is 0.323. The van der Waals surface area contributed by atoms with Gasteiger partial charge in [-0.15, -0.1) is 0 Å². The molecule has 0 aliphatic carbocycles. The average Bonchev–Trinajstić information content (AvgIpc) is 1.84. The van der Waals surface area contributed by atoms with Gasteiger partial charge in [0.05, 0.1) is 7.11 Å². The van der Waals surface area contributed by atoms with E-state index in [1.807, 2.05) is 13.8 Å². The highest BCUT2D eigenvalue weighted by Crippen LogP contribution is 2.10. The fraction of sp³-hybridized carbons (Fsp3) is 1.00. The Labute approximate surface area is 56.0 Å². The van der Waals surface area contributed by atoms with Crippen LogP contribution in [0.1, 0.15) is 13.8 Å². The molecular formula is C6H15NO2. The summed E-state index contributed by atoms with van der Waals surface area (Å²) >= 11 is 0. The molecule has 0 spiro atoms. The Morgan fingerprint density at radius 1 is 1.56 bits per heavy atom. The van der Waals surface area contributed by atoms with Crippen molar-refractivity contribution < 1.29 is 9.94 Å². The number of hydroxylamine groups is 1. The topological polar surface area (TPSA) is 41.5 Å². The quantitative estimate of drug-likeness (QED) is 0.537. The van der Waals surface area contributed by atoms with Gasteiger partial charge in [0.2, 0.25) is 0 Å². The first-order chi connectivity index (χ1) is 4.12. The maximum Gasteiger partial charge on any atom is 0.0572 e. The summed E-state index contributed by atoms with van der Waals surface area (Å²) in [6, 6.07) is 0.